The Morgan fingerprint density at radius 1 is 1.42 bits per heavy atom. The van der Waals surface area contributed by atoms with Crippen molar-refractivity contribution in [1.82, 2.24) is 0 Å². The van der Waals surface area contributed by atoms with Crippen LogP contribution in [0.2, 0.25) is 0 Å². The Labute approximate surface area is 118 Å². The molecule has 2 rings (SSSR count). The zero-order valence-corrected chi connectivity index (χ0v) is 11.9. The number of para-hydroxylation sites is 1. The molecule has 0 saturated heterocycles. The topological polar surface area (TPSA) is 52.9 Å². The molecule has 4 heteroatoms. The van der Waals surface area contributed by atoms with E-state index in [2.05, 4.69) is 11.4 Å². The Morgan fingerprint density at radius 2 is 2.11 bits per heavy atom. The van der Waals surface area contributed by atoms with Crippen LogP contribution in [0.5, 0.6) is 0 Å². The van der Waals surface area contributed by atoms with Crippen LogP contribution in [0.15, 0.2) is 24.3 Å². The quantitative estimate of drug-likeness (QED) is 0.913. The first-order chi connectivity index (χ1) is 9.20. The molecule has 1 aliphatic carbocycles. The molecule has 1 fully saturated rings. The average molecular weight is 274 g/mol. The van der Waals surface area contributed by atoms with Crippen molar-refractivity contribution in [1.29, 1.82) is 5.26 Å². The highest BCUT2D eigenvalue weighted by molar-refractivity contribution is 8.01. The van der Waals surface area contributed by atoms with Crippen molar-refractivity contribution in [3.63, 3.8) is 0 Å². The van der Waals surface area contributed by atoms with Crippen LogP contribution in [-0.4, -0.2) is 16.4 Å². The van der Waals surface area contributed by atoms with E-state index in [1.165, 1.54) is 25.7 Å². The van der Waals surface area contributed by atoms with Gasteiger partial charge in [0, 0.05) is 5.25 Å². The summed E-state index contributed by atoms with van der Waals surface area (Å²) in [7, 11) is 0. The van der Waals surface area contributed by atoms with E-state index >= 15 is 0 Å². The molecule has 0 aliphatic heterocycles. The molecular weight excluding hydrogens is 256 g/mol. The molecule has 1 saturated carbocycles. The minimum Gasteiger partial charge on any atom is -0.324 e. The highest BCUT2D eigenvalue weighted by atomic mass is 32.2. The maximum atomic E-state index is 12.1. The molecule has 1 aliphatic rings. The summed E-state index contributed by atoms with van der Waals surface area (Å²) in [6.45, 7) is 1.94. The number of amides is 1. The average Bonchev–Trinajstić information content (AvgIpc) is 2.92. The Balaban J connectivity index is 1.94. The molecular formula is C15H18N2OS. The van der Waals surface area contributed by atoms with Crippen molar-refractivity contribution in [2.45, 2.75) is 43.1 Å². The van der Waals surface area contributed by atoms with Gasteiger partial charge in [-0.3, -0.25) is 4.79 Å². The van der Waals surface area contributed by atoms with E-state index in [-0.39, 0.29) is 11.2 Å². The van der Waals surface area contributed by atoms with Crippen LogP contribution >= 0.6 is 11.8 Å². The molecule has 0 spiro atoms. The van der Waals surface area contributed by atoms with E-state index in [9.17, 15) is 4.79 Å². The lowest BCUT2D eigenvalue weighted by Crippen LogP contribution is -2.24. The van der Waals surface area contributed by atoms with Gasteiger partial charge in [0.05, 0.1) is 16.5 Å². The summed E-state index contributed by atoms with van der Waals surface area (Å²) >= 11 is 1.75. The number of anilines is 1. The van der Waals surface area contributed by atoms with Crippen LogP contribution < -0.4 is 5.32 Å². The molecule has 100 valence electrons. The van der Waals surface area contributed by atoms with Gasteiger partial charge in [-0.2, -0.15) is 5.26 Å². The van der Waals surface area contributed by atoms with Gasteiger partial charge in [-0.25, -0.2) is 0 Å². The summed E-state index contributed by atoms with van der Waals surface area (Å²) in [5, 5.41) is 12.4. The zero-order chi connectivity index (χ0) is 13.7. The SMILES string of the molecule is C[C@H](SC1CCCC1)C(=O)Nc1ccccc1C#N. The summed E-state index contributed by atoms with van der Waals surface area (Å²) in [6.07, 6.45) is 5.00. The number of hydrogen-bond acceptors (Lipinski definition) is 3. The Bertz CT molecular complexity index is 489. The number of nitriles is 1. The number of thioether (sulfide) groups is 1. The van der Waals surface area contributed by atoms with E-state index in [1.807, 2.05) is 13.0 Å². The second kappa shape index (κ2) is 6.63. The number of carbonyl (C=O) groups is 1. The smallest absolute Gasteiger partial charge is 0.237 e. The summed E-state index contributed by atoms with van der Waals surface area (Å²) < 4.78 is 0. The van der Waals surface area contributed by atoms with Gasteiger partial charge in [0.1, 0.15) is 6.07 Å². The number of benzene rings is 1. The molecule has 3 nitrogen and oxygen atoms in total. The van der Waals surface area contributed by atoms with E-state index in [4.69, 9.17) is 5.26 Å². The molecule has 1 aromatic rings. The Morgan fingerprint density at radius 3 is 2.79 bits per heavy atom. The highest BCUT2D eigenvalue weighted by Gasteiger charge is 2.22. The first-order valence-corrected chi connectivity index (χ1v) is 7.60. The summed E-state index contributed by atoms with van der Waals surface area (Å²) in [5.41, 5.74) is 1.11. The van der Waals surface area contributed by atoms with Crippen molar-refractivity contribution < 1.29 is 4.79 Å². The monoisotopic (exact) mass is 274 g/mol. The van der Waals surface area contributed by atoms with Gasteiger partial charge in [0.15, 0.2) is 0 Å². The molecule has 0 aromatic heterocycles. The third-order valence-electron chi connectivity index (χ3n) is 3.37. The molecule has 1 atom stereocenters. The Hall–Kier alpha value is -1.47. The normalized spacial score (nSPS) is 16.8. The largest absolute Gasteiger partial charge is 0.324 e. The summed E-state index contributed by atoms with van der Waals surface area (Å²) in [5.74, 6) is -0.0143. The van der Waals surface area contributed by atoms with Gasteiger partial charge in [-0.05, 0) is 31.9 Å². The highest BCUT2D eigenvalue weighted by Crippen LogP contribution is 2.32. The zero-order valence-electron chi connectivity index (χ0n) is 11.1. The predicted molar refractivity (Wildman–Crippen MR) is 79.1 cm³/mol. The maximum Gasteiger partial charge on any atom is 0.237 e. The van der Waals surface area contributed by atoms with Gasteiger partial charge in [0.25, 0.3) is 0 Å². The fourth-order valence-corrected chi connectivity index (χ4v) is 3.66. The van der Waals surface area contributed by atoms with Crippen LogP contribution in [0, 0.1) is 11.3 Å². The molecule has 0 unspecified atom stereocenters. The second-order valence-electron chi connectivity index (χ2n) is 4.83. The van der Waals surface area contributed by atoms with Gasteiger partial charge >= 0.3 is 0 Å². The standard InChI is InChI=1S/C15H18N2OS/c1-11(19-13-7-3-4-8-13)15(18)17-14-9-5-2-6-12(14)10-16/h2,5-6,9,11,13H,3-4,7-8H2,1H3,(H,17,18)/t11-/m0/s1. The maximum absolute atomic E-state index is 12.1. The first-order valence-electron chi connectivity index (χ1n) is 6.66. The second-order valence-corrected chi connectivity index (χ2v) is 6.48. The third kappa shape index (κ3) is 3.74. The van der Waals surface area contributed by atoms with Gasteiger partial charge in [-0.15, -0.1) is 11.8 Å². The van der Waals surface area contributed by atoms with Crippen molar-refractivity contribution >= 4 is 23.4 Å². The molecule has 19 heavy (non-hydrogen) atoms. The molecule has 0 heterocycles. The van der Waals surface area contributed by atoms with Crippen molar-refractivity contribution in [2.24, 2.45) is 0 Å². The fourth-order valence-electron chi connectivity index (χ4n) is 2.30. The van der Waals surface area contributed by atoms with Crippen LogP contribution in [0.25, 0.3) is 0 Å². The van der Waals surface area contributed by atoms with E-state index in [0.717, 1.165) is 0 Å². The Kier molecular flexibility index (Phi) is 4.86. The minimum absolute atomic E-state index is 0.0143. The molecule has 1 N–H and O–H groups in total. The third-order valence-corrected chi connectivity index (χ3v) is 4.85. The fraction of sp³-hybridized carbons (Fsp3) is 0.467. The van der Waals surface area contributed by atoms with E-state index in [0.29, 0.717) is 16.5 Å². The lowest BCUT2D eigenvalue weighted by atomic mass is 10.2. The van der Waals surface area contributed by atoms with Crippen molar-refractivity contribution in [3.05, 3.63) is 29.8 Å². The number of carbonyl (C=O) groups excluding carboxylic acids is 1. The molecule has 0 bridgehead atoms. The number of hydrogen-bond donors (Lipinski definition) is 1. The van der Waals surface area contributed by atoms with Gasteiger partial charge in [0.2, 0.25) is 5.91 Å². The molecule has 1 amide bonds. The summed E-state index contributed by atoms with van der Waals surface area (Å²) in [4.78, 5) is 12.1. The predicted octanol–water partition coefficient (Wildman–Crippen LogP) is 3.56. The number of nitrogens with zero attached hydrogens (tertiary/aromatic N) is 1. The number of nitrogens with one attached hydrogen (secondary N) is 1. The summed E-state index contributed by atoms with van der Waals surface area (Å²) in [6, 6.07) is 9.19. The minimum atomic E-state index is -0.0742. The lowest BCUT2D eigenvalue weighted by molar-refractivity contribution is -0.115. The molecule has 0 radical (unpaired) electrons. The van der Waals surface area contributed by atoms with Gasteiger partial charge < -0.3 is 5.32 Å². The lowest BCUT2D eigenvalue weighted by Gasteiger charge is -2.16. The van der Waals surface area contributed by atoms with E-state index < -0.39 is 0 Å². The van der Waals surface area contributed by atoms with Crippen LogP contribution in [0.1, 0.15) is 38.2 Å². The molecule has 1 aromatic carbocycles. The van der Waals surface area contributed by atoms with Crippen LogP contribution in [0.3, 0.4) is 0 Å². The van der Waals surface area contributed by atoms with Crippen LogP contribution in [-0.2, 0) is 4.79 Å². The van der Waals surface area contributed by atoms with E-state index in [1.54, 1.807) is 30.0 Å². The number of rotatable bonds is 4. The van der Waals surface area contributed by atoms with Crippen molar-refractivity contribution in [2.75, 3.05) is 5.32 Å². The van der Waals surface area contributed by atoms with Gasteiger partial charge in [-0.1, -0.05) is 25.0 Å². The van der Waals surface area contributed by atoms with Crippen LogP contribution in [0.4, 0.5) is 5.69 Å². The van der Waals surface area contributed by atoms with Crippen molar-refractivity contribution in [3.8, 4) is 6.07 Å². The first kappa shape index (κ1) is 14.0.